The van der Waals surface area contributed by atoms with Gasteiger partial charge in [0.05, 0.1) is 0 Å². The number of carbonyl (C=O) groups is 1. The van der Waals surface area contributed by atoms with Crippen molar-refractivity contribution in [3.05, 3.63) is 59.9 Å². The maximum Gasteiger partial charge on any atom is 0.261 e. The van der Waals surface area contributed by atoms with Crippen LogP contribution in [0.1, 0.15) is 25.3 Å². The van der Waals surface area contributed by atoms with E-state index in [9.17, 15) is 9.18 Å². The Hall–Kier alpha value is -2.56. The van der Waals surface area contributed by atoms with Crippen molar-refractivity contribution >= 4 is 11.6 Å². The minimum absolute atomic E-state index is 0.201. The quantitative estimate of drug-likeness (QED) is 0.873. The molecule has 1 saturated heterocycles. The predicted molar refractivity (Wildman–Crippen MR) is 96.2 cm³/mol. The molecule has 0 radical (unpaired) electrons. The van der Waals surface area contributed by atoms with Gasteiger partial charge in [0.25, 0.3) is 5.91 Å². The van der Waals surface area contributed by atoms with Crippen molar-refractivity contribution in [1.29, 1.82) is 0 Å². The predicted octanol–water partition coefficient (Wildman–Crippen LogP) is 3.51. The third-order valence-electron chi connectivity index (χ3n) is 4.37. The van der Waals surface area contributed by atoms with Crippen LogP contribution in [0.5, 0.6) is 5.75 Å². The van der Waals surface area contributed by atoms with Gasteiger partial charge >= 0.3 is 0 Å². The third-order valence-corrected chi connectivity index (χ3v) is 4.37. The number of nitrogens with one attached hydrogen (secondary N) is 1. The highest BCUT2D eigenvalue weighted by Crippen LogP contribution is 2.20. The molecular weight excluding hydrogens is 319 g/mol. The molecule has 3 rings (SSSR count). The van der Waals surface area contributed by atoms with E-state index in [0.717, 1.165) is 18.7 Å². The number of rotatable bonds is 6. The zero-order valence-electron chi connectivity index (χ0n) is 14.4. The third kappa shape index (κ3) is 4.72. The second-order valence-corrected chi connectivity index (χ2v) is 6.29. The van der Waals surface area contributed by atoms with Gasteiger partial charge in [-0.15, -0.1) is 0 Å². The SMILES string of the molecule is C[C@@H](Oc1ccc(F)cc1)C(=O)NCc1ccc(N2CCCC2)cc1. The van der Waals surface area contributed by atoms with Crippen LogP contribution in [0.2, 0.25) is 0 Å². The second kappa shape index (κ2) is 8.01. The van der Waals surface area contributed by atoms with Gasteiger partial charge in [-0.1, -0.05) is 12.1 Å². The van der Waals surface area contributed by atoms with Gasteiger partial charge in [0.2, 0.25) is 0 Å². The molecule has 1 N–H and O–H groups in total. The van der Waals surface area contributed by atoms with E-state index in [1.807, 2.05) is 12.1 Å². The maximum absolute atomic E-state index is 12.9. The summed E-state index contributed by atoms with van der Waals surface area (Å²) >= 11 is 0. The molecule has 1 fully saturated rings. The fourth-order valence-electron chi connectivity index (χ4n) is 2.90. The summed E-state index contributed by atoms with van der Waals surface area (Å²) in [5, 5.41) is 2.87. The number of amides is 1. The first kappa shape index (κ1) is 17.3. The van der Waals surface area contributed by atoms with Crippen molar-refractivity contribution in [2.75, 3.05) is 18.0 Å². The Labute approximate surface area is 147 Å². The molecule has 0 aromatic heterocycles. The van der Waals surface area contributed by atoms with Gasteiger partial charge in [-0.25, -0.2) is 4.39 Å². The number of hydrogen-bond donors (Lipinski definition) is 1. The van der Waals surface area contributed by atoms with Crippen LogP contribution in [-0.2, 0) is 11.3 Å². The summed E-state index contributed by atoms with van der Waals surface area (Å²) in [6.07, 6.45) is 1.86. The smallest absolute Gasteiger partial charge is 0.261 e. The lowest BCUT2D eigenvalue weighted by Crippen LogP contribution is -2.35. The number of carbonyl (C=O) groups excluding carboxylic acids is 1. The molecule has 25 heavy (non-hydrogen) atoms. The topological polar surface area (TPSA) is 41.6 Å². The molecule has 0 spiro atoms. The summed E-state index contributed by atoms with van der Waals surface area (Å²) in [4.78, 5) is 14.5. The zero-order chi connectivity index (χ0) is 17.6. The Bertz CT molecular complexity index is 695. The van der Waals surface area contributed by atoms with Crippen molar-refractivity contribution in [2.24, 2.45) is 0 Å². The van der Waals surface area contributed by atoms with Crippen molar-refractivity contribution < 1.29 is 13.9 Å². The molecule has 2 aromatic rings. The minimum atomic E-state index is -0.644. The van der Waals surface area contributed by atoms with Gasteiger partial charge in [0.15, 0.2) is 6.10 Å². The molecule has 1 aliphatic rings. The lowest BCUT2D eigenvalue weighted by molar-refractivity contribution is -0.127. The summed E-state index contributed by atoms with van der Waals surface area (Å²) in [6, 6.07) is 13.9. The molecule has 0 bridgehead atoms. The monoisotopic (exact) mass is 342 g/mol. The Balaban J connectivity index is 1.48. The van der Waals surface area contributed by atoms with E-state index < -0.39 is 6.10 Å². The van der Waals surface area contributed by atoms with Gasteiger partial charge < -0.3 is 15.0 Å². The second-order valence-electron chi connectivity index (χ2n) is 6.29. The summed E-state index contributed by atoms with van der Waals surface area (Å²) in [5.74, 6) is -0.0613. The first-order valence-corrected chi connectivity index (χ1v) is 8.65. The Kier molecular flexibility index (Phi) is 5.53. The number of ether oxygens (including phenoxy) is 1. The molecule has 0 aliphatic carbocycles. The van der Waals surface area contributed by atoms with Crippen molar-refractivity contribution in [2.45, 2.75) is 32.4 Å². The van der Waals surface area contributed by atoms with Crippen LogP contribution < -0.4 is 15.0 Å². The average Bonchev–Trinajstić information content (AvgIpc) is 3.16. The van der Waals surface area contributed by atoms with Gasteiger partial charge in [-0.3, -0.25) is 4.79 Å². The van der Waals surface area contributed by atoms with Crippen LogP contribution in [0.15, 0.2) is 48.5 Å². The number of halogens is 1. The van der Waals surface area contributed by atoms with Crippen LogP contribution >= 0.6 is 0 Å². The first-order valence-electron chi connectivity index (χ1n) is 8.65. The largest absolute Gasteiger partial charge is 0.481 e. The molecule has 1 heterocycles. The molecule has 2 aromatic carbocycles. The van der Waals surface area contributed by atoms with Gasteiger partial charge in [-0.2, -0.15) is 0 Å². The lowest BCUT2D eigenvalue weighted by atomic mass is 10.2. The van der Waals surface area contributed by atoms with Crippen molar-refractivity contribution in [1.82, 2.24) is 5.32 Å². The highest BCUT2D eigenvalue weighted by atomic mass is 19.1. The Morgan fingerprint density at radius 2 is 1.76 bits per heavy atom. The molecule has 132 valence electrons. The number of anilines is 1. The van der Waals surface area contributed by atoms with Crippen LogP contribution in [0.4, 0.5) is 10.1 Å². The normalized spacial score (nSPS) is 15.0. The molecule has 1 atom stereocenters. The lowest BCUT2D eigenvalue weighted by Gasteiger charge is -2.18. The fourth-order valence-corrected chi connectivity index (χ4v) is 2.90. The number of benzene rings is 2. The van der Waals surface area contributed by atoms with Crippen LogP contribution in [-0.4, -0.2) is 25.1 Å². The van der Waals surface area contributed by atoms with Crippen LogP contribution in [0.3, 0.4) is 0 Å². The highest BCUT2D eigenvalue weighted by molar-refractivity contribution is 5.80. The number of hydrogen-bond acceptors (Lipinski definition) is 3. The molecule has 5 heteroatoms. The summed E-state index contributed by atoms with van der Waals surface area (Å²) in [5.41, 5.74) is 2.28. The van der Waals surface area contributed by atoms with Crippen LogP contribution in [0.25, 0.3) is 0 Å². The highest BCUT2D eigenvalue weighted by Gasteiger charge is 2.15. The van der Waals surface area contributed by atoms with Gasteiger partial charge in [0.1, 0.15) is 11.6 Å². The van der Waals surface area contributed by atoms with E-state index in [-0.39, 0.29) is 11.7 Å². The van der Waals surface area contributed by atoms with Gasteiger partial charge in [0, 0.05) is 25.3 Å². The molecular formula is C20H23FN2O2. The van der Waals surface area contributed by atoms with Crippen molar-refractivity contribution in [3.63, 3.8) is 0 Å². The standard InChI is InChI=1S/C20H23FN2O2/c1-15(25-19-10-6-17(21)7-11-19)20(24)22-14-16-4-8-18(9-5-16)23-12-2-3-13-23/h4-11,15H,2-3,12-14H2,1H3,(H,22,24)/t15-/m1/s1. The Morgan fingerprint density at radius 1 is 1.12 bits per heavy atom. The van der Waals surface area contributed by atoms with E-state index in [1.165, 1.54) is 42.8 Å². The fraction of sp³-hybridized carbons (Fsp3) is 0.350. The minimum Gasteiger partial charge on any atom is -0.481 e. The molecule has 4 nitrogen and oxygen atoms in total. The molecule has 0 unspecified atom stereocenters. The van der Waals surface area contributed by atoms with Crippen LogP contribution in [0, 0.1) is 5.82 Å². The van der Waals surface area contributed by atoms with E-state index >= 15 is 0 Å². The molecule has 1 aliphatic heterocycles. The van der Waals surface area contributed by atoms with E-state index in [4.69, 9.17) is 4.74 Å². The molecule has 0 saturated carbocycles. The van der Waals surface area contributed by atoms with Crippen molar-refractivity contribution in [3.8, 4) is 5.75 Å². The van der Waals surface area contributed by atoms with Gasteiger partial charge in [-0.05, 0) is 61.7 Å². The van der Waals surface area contributed by atoms with E-state index in [1.54, 1.807) is 6.92 Å². The Morgan fingerprint density at radius 3 is 2.40 bits per heavy atom. The average molecular weight is 342 g/mol. The summed E-state index contributed by atoms with van der Waals surface area (Å²) in [6.45, 7) is 4.37. The molecule has 1 amide bonds. The van der Waals surface area contributed by atoms with E-state index in [2.05, 4.69) is 22.3 Å². The maximum atomic E-state index is 12.9. The first-order chi connectivity index (χ1) is 12.1. The number of nitrogens with zero attached hydrogens (tertiary/aromatic N) is 1. The summed E-state index contributed by atoms with van der Waals surface area (Å²) in [7, 11) is 0. The van der Waals surface area contributed by atoms with E-state index in [0.29, 0.717) is 12.3 Å². The summed E-state index contributed by atoms with van der Waals surface area (Å²) < 4.78 is 18.4. The zero-order valence-corrected chi connectivity index (χ0v) is 14.4.